The molecule has 1 N–H and O–H groups in total. The van der Waals surface area contributed by atoms with Gasteiger partial charge in [0, 0.05) is 12.8 Å². The Morgan fingerprint density at radius 3 is 1.52 bits per heavy atom. The van der Waals surface area contributed by atoms with Crippen LogP contribution < -0.4 is 0 Å². The van der Waals surface area contributed by atoms with E-state index in [1.807, 2.05) is 0 Å². The third kappa shape index (κ3) is 31.0. The molecule has 40 heavy (non-hydrogen) atoms. The van der Waals surface area contributed by atoms with Gasteiger partial charge in [0.25, 0.3) is 0 Å². The quantitative estimate of drug-likeness (QED) is 0.0518. The molecule has 0 radical (unpaired) electrons. The molecule has 0 fully saturated rings. The molecule has 0 aromatic heterocycles. The van der Waals surface area contributed by atoms with Crippen LogP contribution in [0.25, 0.3) is 0 Å². The van der Waals surface area contributed by atoms with Gasteiger partial charge in [-0.25, -0.2) is 0 Å². The molecule has 0 saturated heterocycles. The Morgan fingerprint density at radius 1 is 0.575 bits per heavy atom. The van der Waals surface area contributed by atoms with E-state index in [4.69, 9.17) is 9.84 Å². The predicted octanol–water partition coefficient (Wildman–Crippen LogP) is 11.7. The molecule has 1 atom stereocenters. The topological polar surface area (TPSA) is 63.6 Å². The van der Waals surface area contributed by atoms with E-state index in [0.29, 0.717) is 12.8 Å². The number of unbranched alkanes of at least 4 members (excludes halogenated alkanes) is 19. The maximum Gasteiger partial charge on any atom is 0.306 e. The lowest BCUT2D eigenvalue weighted by atomic mass is 10.0. The van der Waals surface area contributed by atoms with Crippen molar-refractivity contribution < 1.29 is 19.4 Å². The lowest BCUT2D eigenvalue weighted by molar-refractivity contribution is -0.149. The van der Waals surface area contributed by atoms with Crippen LogP contribution in [-0.4, -0.2) is 23.1 Å². The second-order valence-corrected chi connectivity index (χ2v) is 11.7. The number of hydrogen-bond acceptors (Lipinski definition) is 3. The maximum absolute atomic E-state index is 12.2. The Kier molecular flexibility index (Phi) is 30.7. The number of hydrogen-bond donors (Lipinski definition) is 1. The molecule has 0 heterocycles. The lowest BCUT2D eigenvalue weighted by Crippen LogP contribution is -2.17. The highest BCUT2D eigenvalue weighted by atomic mass is 16.5. The van der Waals surface area contributed by atoms with Gasteiger partial charge in [-0.1, -0.05) is 134 Å². The van der Waals surface area contributed by atoms with Crippen molar-refractivity contribution in [1.29, 1.82) is 0 Å². The number of ether oxygens (including phenoxy) is 1. The highest BCUT2D eigenvalue weighted by Gasteiger charge is 2.12. The molecule has 0 aliphatic heterocycles. The molecule has 0 aromatic rings. The Bertz CT molecular complexity index is 610. The Balaban J connectivity index is 3.47. The van der Waals surface area contributed by atoms with Gasteiger partial charge in [0.15, 0.2) is 0 Å². The monoisotopic (exact) mass is 562 g/mol. The van der Waals surface area contributed by atoms with E-state index in [-0.39, 0.29) is 12.1 Å². The Morgan fingerprint density at radius 2 is 1.02 bits per heavy atom. The number of carboxylic acid groups (broad SMARTS) is 1. The zero-order chi connectivity index (χ0) is 29.4. The second kappa shape index (κ2) is 31.9. The number of aliphatic carboxylic acids is 1. The van der Waals surface area contributed by atoms with Crippen molar-refractivity contribution in [3.05, 3.63) is 24.3 Å². The van der Waals surface area contributed by atoms with Crippen molar-refractivity contribution in [3.8, 4) is 0 Å². The molecule has 4 heteroatoms. The minimum atomic E-state index is -0.678. The van der Waals surface area contributed by atoms with E-state index in [9.17, 15) is 9.59 Å². The summed E-state index contributed by atoms with van der Waals surface area (Å²) < 4.78 is 5.75. The highest BCUT2D eigenvalue weighted by Crippen LogP contribution is 2.16. The smallest absolute Gasteiger partial charge is 0.306 e. The van der Waals surface area contributed by atoms with Crippen LogP contribution in [0.4, 0.5) is 0 Å². The Labute approximate surface area is 248 Å². The molecule has 1 unspecified atom stereocenters. The lowest BCUT2D eigenvalue weighted by Gasteiger charge is -2.16. The summed E-state index contributed by atoms with van der Waals surface area (Å²) in [7, 11) is 0. The fraction of sp³-hybridized carbons (Fsp3) is 0.833. The van der Waals surface area contributed by atoms with Gasteiger partial charge in [0.2, 0.25) is 0 Å². The first kappa shape index (κ1) is 38.4. The SMILES string of the molecule is CCCCC/C=C\C/C=C\CCCCCCCCCC(=O)OC(CC)CCCCCCCCCCCCC(=O)O. The van der Waals surface area contributed by atoms with Crippen molar-refractivity contribution in [1.82, 2.24) is 0 Å². The van der Waals surface area contributed by atoms with Crippen LogP contribution in [-0.2, 0) is 14.3 Å². The number of esters is 1. The molecule has 0 aromatic carbocycles. The number of rotatable bonds is 31. The molecule has 0 amide bonds. The van der Waals surface area contributed by atoms with Crippen molar-refractivity contribution in [2.24, 2.45) is 0 Å². The van der Waals surface area contributed by atoms with Crippen LogP contribution in [0.2, 0.25) is 0 Å². The van der Waals surface area contributed by atoms with E-state index in [0.717, 1.165) is 57.8 Å². The minimum absolute atomic E-state index is 0.00204. The molecular formula is C36H66O4. The first-order valence-corrected chi connectivity index (χ1v) is 17.3. The molecule has 0 rings (SSSR count). The standard InChI is InChI=1S/C36H66O4/c1-3-5-6-7-8-9-10-11-12-13-14-15-16-21-24-27-30-33-36(39)40-34(4-2)31-28-25-22-19-17-18-20-23-26-29-32-35(37)38/h8-9,11-12,34H,3-7,10,13-33H2,1-2H3,(H,37,38)/b9-8-,12-11-. The van der Waals surface area contributed by atoms with Crippen LogP contribution in [0.5, 0.6) is 0 Å². The second-order valence-electron chi connectivity index (χ2n) is 11.7. The van der Waals surface area contributed by atoms with Crippen molar-refractivity contribution in [2.75, 3.05) is 0 Å². The fourth-order valence-corrected chi connectivity index (χ4v) is 5.09. The summed E-state index contributed by atoms with van der Waals surface area (Å²) in [6.07, 6.45) is 39.8. The first-order chi connectivity index (χ1) is 19.6. The van der Waals surface area contributed by atoms with Crippen molar-refractivity contribution in [2.45, 2.75) is 193 Å². The molecule has 0 saturated carbocycles. The van der Waals surface area contributed by atoms with Crippen LogP contribution in [0.3, 0.4) is 0 Å². The summed E-state index contributed by atoms with van der Waals surface area (Å²) in [6, 6.07) is 0. The Hall–Kier alpha value is -1.58. The van der Waals surface area contributed by atoms with Crippen LogP contribution in [0, 0.1) is 0 Å². The fourth-order valence-electron chi connectivity index (χ4n) is 5.09. The molecule has 234 valence electrons. The van der Waals surface area contributed by atoms with Crippen LogP contribution in [0.15, 0.2) is 24.3 Å². The number of carbonyl (C=O) groups excluding carboxylic acids is 1. The average molecular weight is 563 g/mol. The summed E-state index contributed by atoms with van der Waals surface area (Å²) in [6.45, 7) is 4.37. The van der Waals surface area contributed by atoms with E-state index >= 15 is 0 Å². The summed E-state index contributed by atoms with van der Waals surface area (Å²) in [5.41, 5.74) is 0. The molecular weight excluding hydrogens is 496 g/mol. The highest BCUT2D eigenvalue weighted by molar-refractivity contribution is 5.69. The predicted molar refractivity (Wildman–Crippen MR) is 172 cm³/mol. The third-order valence-corrected chi connectivity index (χ3v) is 7.75. The zero-order valence-corrected chi connectivity index (χ0v) is 26.7. The molecule has 0 aliphatic carbocycles. The van der Waals surface area contributed by atoms with Crippen molar-refractivity contribution in [3.63, 3.8) is 0 Å². The van der Waals surface area contributed by atoms with Gasteiger partial charge in [-0.2, -0.15) is 0 Å². The summed E-state index contributed by atoms with van der Waals surface area (Å²) >= 11 is 0. The van der Waals surface area contributed by atoms with Gasteiger partial charge in [-0.05, 0) is 64.2 Å². The maximum atomic E-state index is 12.2. The minimum Gasteiger partial charge on any atom is -0.481 e. The molecule has 0 bridgehead atoms. The molecule has 4 nitrogen and oxygen atoms in total. The van der Waals surface area contributed by atoms with Gasteiger partial charge in [-0.15, -0.1) is 0 Å². The summed E-state index contributed by atoms with van der Waals surface area (Å²) in [5.74, 6) is -0.680. The van der Waals surface area contributed by atoms with Gasteiger partial charge in [-0.3, -0.25) is 9.59 Å². The zero-order valence-electron chi connectivity index (χ0n) is 26.7. The summed E-state index contributed by atoms with van der Waals surface area (Å²) in [5, 5.41) is 8.64. The molecule has 0 aliphatic rings. The molecule has 0 spiro atoms. The van der Waals surface area contributed by atoms with Crippen LogP contribution >= 0.6 is 0 Å². The van der Waals surface area contributed by atoms with Gasteiger partial charge in [0.05, 0.1) is 0 Å². The average Bonchev–Trinajstić information content (AvgIpc) is 2.94. The van der Waals surface area contributed by atoms with E-state index in [1.165, 1.54) is 103 Å². The van der Waals surface area contributed by atoms with E-state index in [1.54, 1.807) is 0 Å². The van der Waals surface area contributed by atoms with Crippen molar-refractivity contribution >= 4 is 11.9 Å². The van der Waals surface area contributed by atoms with E-state index in [2.05, 4.69) is 38.2 Å². The van der Waals surface area contributed by atoms with Gasteiger partial charge >= 0.3 is 11.9 Å². The summed E-state index contributed by atoms with van der Waals surface area (Å²) in [4.78, 5) is 22.7. The van der Waals surface area contributed by atoms with Gasteiger partial charge < -0.3 is 9.84 Å². The number of allylic oxidation sites excluding steroid dienone is 4. The van der Waals surface area contributed by atoms with Gasteiger partial charge in [0.1, 0.15) is 6.10 Å². The van der Waals surface area contributed by atoms with Crippen LogP contribution in [0.1, 0.15) is 187 Å². The largest absolute Gasteiger partial charge is 0.481 e. The number of carboxylic acids is 1. The normalized spacial score (nSPS) is 12.4. The first-order valence-electron chi connectivity index (χ1n) is 17.3. The number of carbonyl (C=O) groups is 2. The van der Waals surface area contributed by atoms with E-state index < -0.39 is 5.97 Å². The third-order valence-electron chi connectivity index (χ3n) is 7.75.